The molecule has 1 aromatic heterocycles. The molecule has 8 heteroatoms. The zero-order valence-electron chi connectivity index (χ0n) is 20.1. The van der Waals surface area contributed by atoms with Gasteiger partial charge in [-0.25, -0.2) is 4.68 Å². The number of nitriles is 1. The van der Waals surface area contributed by atoms with Crippen LogP contribution in [0, 0.1) is 17.2 Å². The minimum atomic E-state index is -0.102. The number of hydrogen-bond donors (Lipinski definition) is 2. The van der Waals surface area contributed by atoms with E-state index in [1.165, 1.54) is 0 Å². The molecule has 1 aliphatic rings. The van der Waals surface area contributed by atoms with E-state index in [0.717, 1.165) is 11.3 Å². The summed E-state index contributed by atoms with van der Waals surface area (Å²) in [6.45, 7) is 1.62. The number of anilines is 1. The summed E-state index contributed by atoms with van der Waals surface area (Å²) in [4.78, 5) is 26.9. The van der Waals surface area contributed by atoms with Crippen molar-refractivity contribution in [1.82, 2.24) is 20.0 Å². The number of likely N-dealkylation sites (tertiary alicyclic amines) is 1. The lowest BCUT2D eigenvalue weighted by Gasteiger charge is -2.30. The van der Waals surface area contributed by atoms with Crippen LogP contribution in [0.5, 0.6) is 0 Å². The summed E-state index contributed by atoms with van der Waals surface area (Å²) in [5, 5.41) is 17.1. The second-order valence-electron chi connectivity index (χ2n) is 8.80. The molecule has 0 unspecified atom stereocenters. The average Bonchev–Trinajstić information content (AvgIpc) is 3.25. The fourth-order valence-electron chi connectivity index (χ4n) is 4.35. The molecule has 2 amide bonds. The molecule has 0 spiro atoms. The Bertz CT molecular complexity index is 1250. The standard InChI is InChI=1S/C28H30N6O2/c29-20-24-25(32-34(27(24)30)23-10-5-2-6-11-23)12-7-17-31-28(36)22-15-18-33(19-16-22)26(35)14-13-21-8-3-1-4-9-21/h1-6,8-11,13-14,22H,7,12,15-19,30H2,(H,31,36)/b14-13+. The van der Waals surface area contributed by atoms with E-state index >= 15 is 0 Å². The predicted octanol–water partition coefficient (Wildman–Crippen LogP) is 3.33. The van der Waals surface area contributed by atoms with Crippen LogP contribution in [-0.2, 0) is 16.0 Å². The van der Waals surface area contributed by atoms with Crippen molar-refractivity contribution < 1.29 is 9.59 Å². The Morgan fingerprint density at radius 2 is 1.75 bits per heavy atom. The van der Waals surface area contributed by atoms with E-state index in [1.807, 2.05) is 66.7 Å². The fourth-order valence-corrected chi connectivity index (χ4v) is 4.35. The van der Waals surface area contributed by atoms with Crippen molar-refractivity contribution in [3.05, 3.63) is 83.6 Å². The molecule has 3 aromatic rings. The molecule has 2 heterocycles. The number of aryl methyl sites for hydroxylation is 1. The molecule has 3 N–H and O–H groups in total. The smallest absolute Gasteiger partial charge is 0.246 e. The number of aromatic nitrogens is 2. The van der Waals surface area contributed by atoms with Gasteiger partial charge >= 0.3 is 0 Å². The molecular weight excluding hydrogens is 452 g/mol. The van der Waals surface area contributed by atoms with Crippen molar-refractivity contribution >= 4 is 23.7 Å². The first-order valence-electron chi connectivity index (χ1n) is 12.2. The third-order valence-corrected chi connectivity index (χ3v) is 6.39. The molecule has 1 saturated heterocycles. The van der Waals surface area contributed by atoms with Gasteiger partial charge in [-0.15, -0.1) is 0 Å². The zero-order chi connectivity index (χ0) is 25.3. The number of nitrogens with zero attached hydrogens (tertiary/aromatic N) is 4. The lowest BCUT2D eigenvalue weighted by atomic mass is 9.95. The number of carbonyl (C=O) groups is 2. The molecule has 0 radical (unpaired) electrons. The first-order valence-corrected chi connectivity index (χ1v) is 12.2. The van der Waals surface area contributed by atoms with Gasteiger partial charge in [0.2, 0.25) is 11.8 Å². The molecule has 1 fully saturated rings. The molecule has 0 atom stereocenters. The van der Waals surface area contributed by atoms with E-state index in [2.05, 4.69) is 16.5 Å². The highest BCUT2D eigenvalue weighted by atomic mass is 16.2. The van der Waals surface area contributed by atoms with Crippen LogP contribution in [0.25, 0.3) is 11.8 Å². The highest BCUT2D eigenvalue weighted by Crippen LogP contribution is 2.22. The predicted molar refractivity (Wildman–Crippen MR) is 139 cm³/mol. The Labute approximate surface area is 211 Å². The molecule has 184 valence electrons. The first kappa shape index (κ1) is 24.7. The van der Waals surface area contributed by atoms with Gasteiger partial charge in [0.05, 0.1) is 11.4 Å². The maximum absolute atomic E-state index is 12.6. The lowest BCUT2D eigenvalue weighted by molar-refractivity contribution is -0.132. The number of amides is 2. The van der Waals surface area contributed by atoms with E-state index < -0.39 is 0 Å². The third-order valence-electron chi connectivity index (χ3n) is 6.39. The van der Waals surface area contributed by atoms with Gasteiger partial charge in [-0.2, -0.15) is 10.4 Å². The maximum Gasteiger partial charge on any atom is 0.246 e. The SMILES string of the molecule is N#Cc1c(CCCNC(=O)C2CCN(C(=O)/C=C/c3ccccc3)CC2)nn(-c2ccccc2)c1N. The second-order valence-corrected chi connectivity index (χ2v) is 8.80. The Kier molecular flexibility index (Phi) is 8.14. The number of hydrogen-bond acceptors (Lipinski definition) is 5. The number of para-hydroxylation sites is 1. The van der Waals surface area contributed by atoms with Crippen LogP contribution in [0.4, 0.5) is 5.82 Å². The summed E-state index contributed by atoms with van der Waals surface area (Å²) in [6, 6.07) is 21.3. The highest BCUT2D eigenvalue weighted by molar-refractivity contribution is 5.92. The maximum atomic E-state index is 12.6. The van der Waals surface area contributed by atoms with E-state index in [0.29, 0.717) is 62.4 Å². The zero-order valence-corrected chi connectivity index (χ0v) is 20.1. The van der Waals surface area contributed by atoms with Gasteiger partial charge in [0.1, 0.15) is 17.5 Å². The quantitative estimate of drug-likeness (QED) is 0.377. The van der Waals surface area contributed by atoms with E-state index in [-0.39, 0.29) is 17.7 Å². The summed E-state index contributed by atoms with van der Waals surface area (Å²) in [5.41, 5.74) is 8.94. The Hall–Kier alpha value is -4.38. The van der Waals surface area contributed by atoms with E-state index in [1.54, 1.807) is 15.7 Å². The van der Waals surface area contributed by atoms with Gasteiger partial charge < -0.3 is 16.0 Å². The van der Waals surface area contributed by atoms with Crippen LogP contribution in [-0.4, -0.2) is 46.1 Å². The number of piperidine rings is 1. The van der Waals surface area contributed by atoms with Gasteiger partial charge in [-0.3, -0.25) is 9.59 Å². The molecule has 0 saturated carbocycles. The largest absolute Gasteiger partial charge is 0.382 e. The van der Waals surface area contributed by atoms with Crippen molar-refractivity contribution in [3.8, 4) is 11.8 Å². The first-order chi connectivity index (χ1) is 17.6. The van der Waals surface area contributed by atoms with Gasteiger partial charge in [0.25, 0.3) is 0 Å². The summed E-state index contributed by atoms with van der Waals surface area (Å²) < 4.78 is 1.58. The van der Waals surface area contributed by atoms with Crippen molar-refractivity contribution in [1.29, 1.82) is 5.26 Å². The van der Waals surface area contributed by atoms with Crippen molar-refractivity contribution in [3.63, 3.8) is 0 Å². The molecule has 2 aromatic carbocycles. The van der Waals surface area contributed by atoms with E-state index in [4.69, 9.17) is 5.73 Å². The highest BCUT2D eigenvalue weighted by Gasteiger charge is 2.26. The normalized spacial score (nSPS) is 14.0. The second kappa shape index (κ2) is 11.8. The summed E-state index contributed by atoms with van der Waals surface area (Å²) in [5.74, 6) is 0.203. The third kappa shape index (κ3) is 5.99. The van der Waals surface area contributed by atoms with E-state index in [9.17, 15) is 14.9 Å². The van der Waals surface area contributed by atoms with Crippen molar-refractivity contribution in [2.45, 2.75) is 25.7 Å². The van der Waals surface area contributed by atoms with Gasteiger partial charge in [-0.1, -0.05) is 48.5 Å². The minimum Gasteiger partial charge on any atom is -0.382 e. The average molecular weight is 483 g/mol. The Morgan fingerprint density at radius 1 is 1.08 bits per heavy atom. The number of nitrogens with one attached hydrogen (secondary N) is 1. The number of nitrogen functional groups attached to an aromatic ring is 1. The molecule has 0 bridgehead atoms. The van der Waals surface area contributed by atoms with Crippen LogP contribution in [0.1, 0.15) is 36.1 Å². The number of carbonyl (C=O) groups excluding carboxylic acids is 2. The van der Waals surface area contributed by atoms with Crippen LogP contribution in [0.3, 0.4) is 0 Å². The Balaban J connectivity index is 1.22. The van der Waals surface area contributed by atoms with Crippen LogP contribution in [0.2, 0.25) is 0 Å². The number of benzene rings is 2. The number of nitrogens with two attached hydrogens (primary N) is 1. The summed E-state index contributed by atoms with van der Waals surface area (Å²) >= 11 is 0. The van der Waals surface area contributed by atoms with Gasteiger partial charge in [-0.05, 0) is 49.5 Å². The van der Waals surface area contributed by atoms with Crippen LogP contribution < -0.4 is 11.1 Å². The summed E-state index contributed by atoms with van der Waals surface area (Å²) in [7, 11) is 0. The van der Waals surface area contributed by atoms with Crippen LogP contribution in [0.15, 0.2) is 66.7 Å². The van der Waals surface area contributed by atoms with Gasteiger partial charge in [0.15, 0.2) is 0 Å². The summed E-state index contributed by atoms with van der Waals surface area (Å²) in [6.07, 6.45) is 5.88. The molecule has 8 nitrogen and oxygen atoms in total. The van der Waals surface area contributed by atoms with Crippen molar-refractivity contribution in [2.75, 3.05) is 25.4 Å². The molecule has 0 aliphatic carbocycles. The monoisotopic (exact) mass is 482 g/mol. The topological polar surface area (TPSA) is 117 Å². The minimum absolute atomic E-state index is 0.0109. The lowest BCUT2D eigenvalue weighted by Crippen LogP contribution is -2.42. The molecular formula is C28H30N6O2. The molecule has 36 heavy (non-hydrogen) atoms. The molecule has 4 rings (SSSR count). The Morgan fingerprint density at radius 3 is 2.42 bits per heavy atom. The van der Waals surface area contributed by atoms with Gasteiger partial charge in [0, 0.05) is 31.6 Å². The number of rotatable bonds is 8. The fraction of sp³-hybridized carbons (Fsp3) is 0.286. The molecule has 1 aliphatic heterocycles. The van der Waals surface area contributed by atoms with Crippen LogP contribution >= 0.6 is 0 Å². The van der Waals surface area contributed by atoms with Crippen molar-refractivity contribution in [2.24, 2.45) is 5.92 Å².